The van der Waals surface area contributed by atoms with E-state index in [0.717, 1.165) is 37.2 Å². The molecule has 37 heavy (non-hydrogen) atoms. The fraction of sp³-hybridized carbons (Fsp3) is 0.357. The molecule has 192 valence electrons. The number of nitrogens with zero attached hydrogens (tertiary/aromatic N) is 5. The van der Waals surface area contributed by atoms with Crippen molar-refractivity contribution in [2.45, 2.75) is 38.6 Å². The molecule has 0 spiro atoms. The average molecular weight is 503 g/mol. The number of aryl methyl sites for hydroxylation is 1. The summed E-state index contributed by atoms with van der Waals surface area (Å²) in [5.41, 5.74) is 3.54. The summed E-state index contributed by atoms with van der Waals surface area (Å²) >= 11 is 0. The SMILES string of the molecule is Cn1nccc1-c1ccc2c(C(=O)Cc3cc(C(=O)NCCN4CCCC4(C)C)ccc3F)cnn2c1. The number of nitrogens with one attached hydrogen (secondary N) is 1. The van der Waals surface area contributed by atoms with E-state index in [0.29, 0.717) is 23.2 Å². The van der Waals surface area contributed by atoms with Gasteiger partial charge in [0.2, 0.25) is 0 Å². The molecule has 0 atom stereocenters. The van der Waals surface area contributed by atoms with Gasteiger partial charge in [0.15, 0.2) is 5.78 Å². The number of Topliss-reactive ketones (excluding diaryl/α,β-unsaturated/α-hetero) is 1. The molecule has 1 amide bonds. The standard InChI is InChI=1S/C28H31FN6O2/c1-28(2)10-4-13-34(28)14-12-30-27(37)19-5-7-23(29)21(15-19)16-26(36)22-17-32-35-18-20(6-8-25(22)35)24-9-11-31-33(24)3/h5-9,11,15,17-18H,4,10,12-14,16H2,1-3H3,(H,30,37). The average Bonchev–Trinajstić information content (AvgIpc) is 3.58. The molecule has 1 aliphatic rings. The van der Waals surface area contributed by atoms with E-state index in [-0.39, 0.29) is 29.2 Å². The van der Waals surface area contributed by atoms with Gasteiger partial charge in [-0.15, -0.1) is 0 Å². The van der Waals surface area contributed by atoms with E-state index >= 15 is 0 Å². The quantitative estimate of drug-likeness (QED) is 0.370. The lowest BCUT2D eigenvalue weighted by molar-refractivity contribution is 0.0937. The van der Waals surface area contributed by atoms with Crippen LogP contribution in [0, 0.1) is 5.82 Å². The molecule has 0 saturated carbocycles. The van der Waals surface area contributed by atoms with E-state index < -0.39 is 5.82 Å². The van der Waals surface area contributed by atoms with Crippen LogP contribution in [0.15, 0.2) is 55.0 Å². The number of hydrogen-bond acceptors (Lipinski definition) is 5. The van der Waals surface area contributed by atoms with Crippen molar-refractivity contribution in [3.63, 3.8) is 0 Å². The number of ketones is 1. The van der Waals surface area contributed by atoms with Gasteiger partial charge in [0.1, 0.15) is 5.82 Å². The van der Waals surface area contributed by atoms with E-state index in [1.54, 1.807) is 15.4 Å². The van der Waals surface area contributed by atoms with E-state index in [4.69, 9.17) is 0 Å². The van der Waals surface area contributed by atoms with Crippen molar-refractivity contribution in [3.8, 4) is 11.3 Å². The van der Waals surface area contributed by atoms with E-state index in [2.05, 4.69) is 34.3 Å². The monoisotopic (exact) mass is 502 g/mol. The van der Waals surface area contributed by atoms with Crippen LogP contribution in [0.2, 0.25) is 0 Å². The van der Waals surface area contributed by atoms with Crippen LogP contribution in [0.25, 0.3) is 16.8 Å². The number of pyridine rings is 1. The first-order chi connectivity index (χ1) is 17.7. The Labute approximate surface area is 215 Å². The van der Waals surface area contributed by atoms with Crippen LogP contribution in [0.1, 0.15) is 53.0 Å². The third-order valence-corrected chi connectivity index (χ3v) is 7.33. The Hall–Kier alpha value is -3.85. The van der Waals surface area contributed by atoms with Crippen molar-refractivity contribution in [1.29, 1.82) is 0 Å². The van der Waals surface area contributed by atoms with Gasteiger partial charge >= 0.3 is 0 Å². The molecule has 1 fully saturated rings. The molecular weight excluding hydrogens is 471 g/mol. The molecule has 1 saturated heterocycles. The number of halogens is 1. The summed E-state index contributed by atoms with van der Waals surface area (Å²) in [4.78, 5) is 28.2. The first-order valence-corrected chi connectivity index (χ1v) is 12.5. The predicted molar refractivity (Wildman–Crippen MR) is 139 cm³/mol. The minimum Gasteiger partial charge on any atom is -0.351 e. The summed E-state index contributed by atoms with van der Waals surface area (Å²) in [7, 11) is 1.86. The molecule has 0 unspecified atom stereocenters. The Bertz CT molecular complexity index is 1470. The number of rotatable bonds is 8. The number of carbonyl (C=O) groups excluding carboxylic acids is 2. The van der Waals surface area contributed by atoms with Gasteiger partial charge in [-0.1, -0.05) is 0 Å². The topological polar surface area (TPSA) is 84.5 Å². The maximum atomic E-state index is 14.6. The highest BCUT2D eigenvalue weighted by molar-refractivity contribution is 6.03. The van der Waals surface area contributed by atoms with Crippen LogP contribution in [-0.2, 0) is 13.5 Å². The Kier molecular flexibility index (Phi) is 6.64. The number of amides is 1. The Balaban J connectivity index is 1.27. The van der Waals surface area contributed by atoms with E-state index in [1.807, 2.05) is 31.4 Å². The van der Waals surface area contributed by atoms with Gasteiger partial charge in [-0.3, -0.25) is 19.2 Å². The number of aromatic nitrogens is 4. The highest BCUT2D eigenvalue weighted by atomic mass is 19.1. The lowest BCUT2D eigenvalue weighted by Gasteiger charge is -2.31. The van der Waals surface area contributed by atoms with Crippen LogP contribution >= 0.6 is 0 Å². The lowest BCUT2D eigenvalue weighted by atomic mass is 10.0. The number of fused-ring (bicyclic) bond motifs is 1. The predicted octanol–water partition coefficient (Wildman–Crippen LogP) is 3.90. The number of benzene rings is 1. The molecule has 4 aromatic rings. The maximum Gasteiger partial charge on any atom is 0.251 e. The van der Waals surface area contributed by atoms with Crippen LogP contribution in [-0.4, -0.2) is 61.2 Å². The second-order valence-corrected chi connectivity index (χ2v) is 10.2. The smallest absolute Gasteiger partial charge is 0.251 e. The zero-order chi connectivity index (χ0) is 26.2. The zero-order valence-corrected chi connectivity index (χ0v) is 21.4. The summed E-state index contributed by atoms with van der Waals surface area (Å²) in [5.74, 6) is -1.06. The van der Waals surface area contributed by atoms with E-state index in [9.17, 15) is 14.0 Å². The fourth-order valence-electron chi connectivity index (χ4n) is 5.11. The summed E-state index contributed by atoms with van der Waals surface area (Å²) in [5, 5.41) is 11.4. The van der Waals surface area contributed by atoms with Crippen LogP contribution in [0.5, 0.6) is 0 Å². The molecule has 8 nitrogen and oxygen atoms in total. The molecular formula is C28H31FN6O2. The molecule has 0 bridgehead atoms. The summed E-state index contributed by atoms with van der Waals surface area (Å²) in [6, 6.07) is 9.79. The lowest BCUT2D eigenvalue weighted by Crippen LogP contribution is -2.43. The van der Waals surface area contributed by atoms with Crippen LogP contribution in [0.3, 0.4) is 0 Å². The largest absolute Gasteiger partial charge is 0.351 e. The second-order valence-electron chi connectivity index (χ2n) is 10.2. The molecule has 3 aromatic heterocycles. The highest BCUT2D eigenvalue weighted by Crippen LogP contribution is 2.27. The molecule has 1 N–H and O–H groups in total. The Morgan fingerprint density at radius 1 is 1.14 bits per heavy atom. The molecule has 4 heterocycles. The molecule has 9 heteroatoms. The Morgan fingerprint density at radius 2 is 1.97 bits per heavy atom. The highest BCUT2D eigenvalue weighted by Gasteiger charge is 2.31. The van der Waals surface area contributed by atoms with Gasteiger partial charge in [0, 0.05) is 55.6 Å². The normalized spacial score (nSPS) is 15.4. The van der Waals surface area contributed by atoms with Crippen molar-refractivity contribution in [1.82, 2.24) is 29.6 Å². The number of likely N-dealkylation sites (tertiary alicyclic amines) is 1. The van der Waals surface area contributed by atoms with Gasteiger partial charge < -0.3 is 5.32 Å². The first kappa shape index (κ1) is 24.8. The van der Waals surface area contributed by atoms with Gasteiger partial charge in [-0.05, 0) is 75.2 Å². The second kappa shape index (κ2) is 9.89. The third-order valence-electron chi connectivity index (χ3n) is 7.33. The van der Waals surface area contributed by atoms with Crippen molar-refractivity contribution in [2.75, 3.05) is 19.6 Å². The number of carbonyl (C=O) groups is 2. The molecule has 5 rings (SSSR count). The summed E-state index contributed by atoms with van der Waals surface area (Å²) in [6.45, 7) is 6.74. The Morgan fingerprint density at radius 3 is 2.70 bits per heavy atom. The van der Waals surface area contributed by atoms with Crippen LogP contribution in [0.4, 0.5) is 4.39 Å². The van der Waals surface area contributed by atoms with Gasteiger partial charge in [-0.25, -0.2) is 8.91 Å². The molecule has 1 aliphatic heterocycles. The minimum absolute atomic E-state index is 0.145. The number of hydrogen-bond donors (Lipinski definition) is 1. The zero-order valence-electron chi connectivity index (χ0n) is 21.4. The fourth-order valence-corrected chi connectivity index (χ4v) is 5.11. The third kappa shape index (κ3) is 5.04. The summed E-state index contributed by atoms with van der Waals surface area (Å²) < 4.78 is 18.0. The van der Waals surface area contributed by atoms with Gasteiger partial charge in [0.25, 0.3) is 5.91 Å². The van der Waals surface area contributed by atoms with Crippen LogP contribution < -0.4 is 5.32 Å². The first-order valence-electron chi connectivity index (χ1n) is 12.5. The molecule has 0 aliphatic carbocycles. The van der Waals surface area contributed by atoms with Crippen molar-refractivity contribution < 1.29 is 14.0 Å². The van der Waals surface area contributed by atoms with Crippen molar-refractivity contribution in [2.24, 2.45) is 7.05 Å². The molecule has 0 radical (unpaired) electrons. The summed E-state index contributed by atoms with van der Waals surface area (Å²) in [6.07, 6.45) is 7.19. The maximum absolute atomic E-state index is 14.6. The van der Waals surface area contributed by atoms with Crippen molar-refractivity contribution in [3.05, 3.63) is 77.5 Å². The van der Waals surface area contributed by atoms with Crippen molar-refractivity contribution >= 4 is 17.2 Å². The van der Waals surface area contributed by atoms with Gasteiger partial charge in [0.05, 0.1) is 23.0 Å². The van der Waals surface area contributed by atoms with E-state index in [1.165, 1.54) is 24.4 Å². The molecule has 1 aromatic carbocycles. The van der Waals surface area contributed by atoms with Gasteiger partial charge in [-0.2, -0.15) is 10.2 Å². The minimum atomic E-state index is -0.515.